The molecule has 236 valence electrons. The van der Waals surface area contributed by atoms with Crippen LogP contribution in [-0.4, -0.2) is 95.6 Å². The molecule has 1 aromatic heterocycles. The number of nitrogens with two attached hydrogens (primary N) is 1. The highest BCUT2D eigenvalue weighted by atomic mass is 19.4. The fourth-order valence-corrected chi connectivity index (χ4v) is 4.59. The normalized spacial score (nSPS) is 14.8. The average molecular weight is 603 g/mol. The summed E-state index contributed by atoms with van der Waals surface area (Å²) in [5.41, 5.74) is 8.80. The lowest BCUT2D eigenvalue weighted by atomic mass is 10.1. The van der Waals surface area contributed by atoms with Gasteiger partial charge in [0.2, 0.25) is 0 Å². The number of ether oxygens (including phenoxy) is 1. The minimum atomic E-state index is -5.19. The van der Waals surface area contributed by atoms with Gasteiger partial charge in [-0.3, -0.25) is 4.79 Å². The topological polar surface area (TPSA) is 148 Å². The summed E-state index contributed by atoms with van der Waals surface area (Å²) in [4.78, 5) is 40.3. The molecule has 12 nitrogen and oxygen atoms in total. The number of aliphatic carboxylic acids is 1. The molecule has 1 aliphatic heterocycles. The van der Waals surface area contributed by atoms with E-state index >= 15 is 0 Å². The Labute approximate surface area is 243 Å². The number of aromatic nitrogens is 2. The van der Waals surface area contributed by atoms with E-state index in [2.05, 4.69) is 4.57 Å². The number of carboxylic acid groups (broad SMARTS) is 1. The average Bonchev–Trinajstić information content (AvgIpc) is 3.17. The third kappa shape index (κ3) is 8.47. The number of carbonyl (C=O) groups is 3. The monoisotopic (exact) mass is 602 g/mol. The summed E-state index contributed by atoms with van der Waals surface area (Å²) in [7, 11) is 3.83. The van der Waals surface area contributed by atoms with Crippen molar-refractivity contribution in [3.05, 3.63) is 23.5 Å². The Kier molecular flexibility index (Phi) is 11.2. The van der Waals surface area contributed by atoms with Crippen molar-refractivity contribution >= 4 is 34.7 Å². The van der Waals surface area contributed by atoms with Crippen LogP contribution >= 0.6 is 0 Å². The van der Waals surface area contributed by atoms with E-state index in [1.807, 2.05) is 63.4 Å². The first kappa shape index (κ1) is 34.6. The van der Waals surface area contributed by atoms with E-state index in [0.29, 0.717) is 51.4 Å². The van der Waals surface area contributed by atoms with E-state index in [9.17, 15) is 27.9 Å². The molecule has 2 amide bonds. The Balaban J connectivity index is 0.000000782. The molecule has 0 bridgehead atoms. The van der Waals surface area contributed by atoms with E-state index in [1.54, 1.807) is 16.7 Å². The van der Waals surface area contributed by atoms with E-state index in [0.717, 1.165) is 22.5 Å². The number of piperazine rings is 1. The highest BCUT2D eigenvalue weighted by molar-refractivity contribution is 6.03. The van der Waals surface area contributed by atoms with E-state index in [-0.39, 0.29) is 12.0 Å². The highest BCUT2D eigenvalue weighted by Gasteiger charge is 2.32. The standard InChI is InChI=1S/C25H41N6O4.C2HF3O2/c1-8-30-20-13-18(19(27(6)7)14-21(20)31(16-17(2)32)22(30)15-26)23(33)28-9-11-29(12-10-28)24(34)35-25(3,4)5;3-2(4,5)1(6)7/h13-14,17,32H,8-12,15-16,26H2,1-7H3;(H,6,7)/q+1;/p-1/t17-;/m0./s1. The predicted molar refractivity (Wildman–Crippen MR) is 146 cm³/mol. The van der Waals surface area contributed by atoms with E-state index in [4.69, 9.17) is 20.4 Å². The van der Waals surface area contributed by atoms with Gasteiger partial charge in [-0.05, 0) is 34.6 Å². The zero-order valence-electron chi connectivity index (χ0n) is 25.1. The number of fused-ring (bicyclic) bond motifs is 1. The van der Waals surface area contributed by atoms with Crippen LogP contribution in [-0.2, 0) is 29.2 Å². The van der Waals surface area contributed by atoms with Crippen LogP contribution < -0.4 is 20.3 Å². The van der Waals surface area contributed by atoms with Crippen LogP contribution in [0.3, 0.4) is 0 Å². The second-order valence-corrected chi connectivity index (χ2v) is 11.1. The number of alkyl halides is 3. The van der Waals surface area contributed by atoms with Gasteiger partial charge in [0.05, 0.1) is 30.4 Å². The number of aryl methyl sites for hydroxylation is 1. The van der Waals surface area contributed by atoms with Crippen molar-refractivity contribution in [1.82, 2.24) is 14.4 Å². The summed E-state index contributed by atoms with van der Waals surface area (Å²) >= 11 is 0. The van der Waals surface area contributed by atoms with Gasteiger partial charge in [-0.1, -0.05) is 0 Å². The van der Waals surface area contributed by atoms with Gasteiger partial charge in [0.1, 0.15) is 18.1 Å². The van der Waals surface area contributed by atoms with Crippen molar-refractivity contribution in [3.8, 4) is 0 Å². The third-order valence-corrected chi connectivity index (χ3v) is 6.41. The number of hydrogen-bond donors (Lipinski definition) is 2. The number of halogens is 3. The fourth-order valence-electron chi connectivity index (χ4n) is 4.59. The maximum atomic E-state index is 13.7. The van der Waals surface area contributed by atoms with Gasteiger partial charge in [0.15, 0.2) is 11.0 Å². The number of imidazole rings is 1. The van der Waals surface area contributed by atoms with Crippen LogP contribution in [0.25, 0.3) is 11.0 Å². The molecule has 1 atom stereocenters. The molecule has 0 spiro atoms. The number of aliphatic hydroxyl groups excluding tert-OH is 1. The van der Waals surface area contributed by atoms with Gasteiger partial charge in [-0.25, -0.2) is 13.9 Å². The molecule has 2 heterocycles. The van der Waals surface area contributed by atoms with Crippen molar-refractivity contribution < 1.29 is 47.1 Å². The van der Waals surface area contributed by atoms with Gasteiger partial charge in [-0.2, -0.15) is 13.2 Å². The molecule has 0 radical (unpaired) electrons. The van der Waals surface area contributed by atoms with Crippen molar-refractivity contribution in [1.29, 1.82) is 0 Å². The van der Waals surface area contributed by atoms with E-state index in [1.165, 1.54) is 0 Å². The summed E-state index contributed by atoms with van der Waals surface area (Å²) in [5.74, 6) is -2.17. The summed E-state index contributed by atoms with van der Waals surface area (Å²) in [6, 6.07) is 3.95. The molecule has 0 unspecified atom stereocenters. The second kappa shape index (κ2) is 13.6. The Morgan fingerprint density at radius 1 is 1.12 bits per heavy atom. The Morgan fingerprint density at radius 2 is 1.64 bits per heavy atom. The van der Waals surface area contributed by atoms with Crippen LogP contribution in [0.15, 0.2) is 12.1 Å². The molecule has 0 aliphatic carbocycles. The Morgan fingerprint density at radius 3 is 2.05 bits per heavy atom. The number of hydrogen-bond acceptors (Lipinski definition) is 8. The number of anilines is 1. The maximum Gasteiger partial charge on any atom is 0.430 e. The number of benzene rings is 1. The molecule has 42 heavy (non-hydrogen) atoms. The summed E-state index contributed by atoms with van der Waals surface area (Å²) in [6.07, 6.45) is -6.08. The first-order valence-electron chi connectivity index (χ1n) is 13.5. The van der Waals surface area contributed by atoms with Crippen molar-refractivity contribution in [2.24, 2.45) is 5.73 Å². The molecule has 3 N–H and O–H groups in total. The van der Waals surface area contributed by atoms with Crippen molar-refractivity contribution in [2.75, 3.05) is 45.2 Å². The quantitative estimate of drug-likeness (QED) is 0.463. The first-order chi connectivity index (χ1) is 19.3. The summed E-state index contributed by atoms with van der Waals surface area (Å²) < 4.78 is 41.2. The zero-order valence-corrected chi connectivity index (χ0v) is 25.1. The van der Waals surface area contributed by atoms with Crippen molar-refractivity contribution in [3.63, 3.8) is 0 Å². The molecule has 1 aliphatic rings. The number of carboxylic acids is 1. The van der Waals surface area contributed by atoms with Crippen LogP contribution in [0.2, 0.25) is 0 Å². The molecule has 0 saturated carbocycles. The lowest BCUT2D eigenvalue weighted by molar-refractivity contribution is -0.686. The van der Waals surface area contributed by atoms with Gasteiger partial charge in [0.25, 0.3) is 11.7 Å². The largest absolute Gasteiger partial charge is 0.542 e. The van der Waals surface area contributed by atoms with E-state index < -0.39 is 23.9 Å². The highest BCUT2D eigenvalue weighted by Crippen LogP contribution is 2.28. The van der Waals surface area contributed by atoms with Crippen LogP contribution in [0.1, 0.15) is 50.8 Å². The Hall–Kier alpha value is -3.59. The van der Waals surface area contributed by atoms with Crippen LogP contribution in [0.5, 0.6) is 0 Å². The summed E-state index contributed by atoms with van der Waals surface area (Å²) in [5, 5.41) is 18.9. The van der Waals surface area contributed by atoms with Gasteiger partial charge < -0.3 is 40.2 Å². The zero-order chi connectivity index (χ0) is 32.2. The van der Waals surface area contributed by atoms with Crippen molar-refractivity contribution in [2.45, 2.75) is 72.1 Å². The predicted octanol–water partition coefficient (Wildman–Crippen LogP) is 0.846. The smallest absolute Gasteiger partial charge is 0.430 e. The molecule has 3 rings (SSSR count). The van der Waals surface area contributed by atoms with Gasteiger partial charge >= 0.3 is 12.3 Å². The minimum absolute atomic E-state index is 0.0698. The number of aliphatic hydroxyl groups is 1. The second-order valence-electron chi connectivity index (χ2n) is 11.1. The molecule has 1 fully saturated rings. The number of nitrogens with zero attached hydrogens (tertiary/aromatic N) is 5. The lowest BCUT2D eigenvalue weighted by Crippen LogP contribution is -2.51. The SMILES string of the molecule is CCn1c(CN)[n+](C[C@H](C)O)c2cc(N(C)C)c(C(=O)N3CCN(C(=O)OC(C)(C)C)CC3)cc21.O=C([O-])C(F)(F)F. The molecule has 1 saturated heterocycles. The molecular weight excluding hydrogens is 561 g/mol. The lowest BCUT2D eigenvalue weighted by Gasteiger charge is -2.36. The number of carbonyl (C=O) groups excluding carboxylic acids is 3. The van der Waals surface area contributed by atoms with Gasteiger partial charge in [-0.15, -0.1) is 0 Å². The van der Waals surface area contributed by atoms with Gasteiger partial charge in [0, 0.05) is 52.4 Å². The van der Waals surface area contributed by atoms with Crippen LogP contribution in [0.4, 0.5) is 23.7 Å². The molecule has 1 aromatic carbocycles. The molecule has 15 heteroatoms. The maximum absolute atomic E-state index is 13.7. The third-order valence-electron chi connectivity index (χ3n) is 6.41. The number of amides is 2. The molecule has 2 aromatic rings. The molecular formula is C27H41F3N6O6. The minimum Gasteiger partial charge on any atom is -0.542 e. The van der Waals surface area contributed by atoms with Crippen LogP contribution in [0, 0.1) is 0 Å². The summed E-state index contributed by atoms with van der Waals surface area (Å²) in [6.45, 7) is 12.5. The Bertz CT molecular complexity index is 1280. The number of rotatable bonds is 6. The first-order valence-corrected chi connectivity index (χ1v) is 13.5. The fraction of sp³-hybridized carbons (Fsp3) is 0.630.